The molecule has 0 saturated carbocycles. The van der Waals surface area contributed by atoms with E-state index in [1.165, 1.54) is 18.5 Å². The molecule has 5 nitrogen and oxygen atoms in total. The van der Waals surface area contributed by atoms with Crippen molar-refractivity contribution < 1.29 is 4.79 Å². The minimum absolute atomic E-state index is 0.218. The molecule has 0 atom stereocenters. The lowest BCUT2D eigenvalue weighted by atomic mass is 10.2. The summed E-state index contributed by atoms with van der Waals surface area (Å²) in [6, 6.07) is 19.6. The minimum Gasteiger partial charge on any atom is -0.372 e. The third-order valence-electron chi connectivity index (χ3n) is 4.83. The number of hydrogen-bond acceptors (Lipinski definition) is 3. The van der Waals surface area contributed by atoms with E-state index in [1.807, 2.05) is 71.4 Å². The monoisotopic (exact) mass is 436 g/mol. The van der Waals surface area contributed by atoms with E-state index in [0.29, 0.717) is 5.56 Å². The summed E-state index contributed by atoms with van der Waals surface area (Å²) in [5, 5.41) is 4.13. The number of anilines is 1. The molecular weight excluding hydrogens is 416 g/mol. The fraction of sp³-hybridized carbons (Fsp3) is 0.182. The SMILES string of the molecule is O=C(N/N=C\c1cccn1-c1cccc(Br)c1)c1ccc(N2CCCC2)cc1. The second-order valence-corrected chi connectivity index (χ2v) is 7.64. The average molecular weight is 437 g/mol. The lowest BCUT2D eigenvalue weighted by Crippen LogP contribution is -2.19. The van der Waals surface area contributed by atoms with Crippen molar-refractivity contribution in [1.29, 1.82) is 0 Å². The van der Waals surface area contributed by atoms with Crippen molar-refractivity contribution in [3.63, 3.8) is 0 Å². The third-order valence-corrected chi connectivity index (χ3v) is 5.32. The number of hydrazone groups is 1. The van der Waals surface area contributed by atoms with Gasteiger partial charge in [0.1, 0.15) is 0 Å². The molecule has 28 heavy (non-hydrogen) atoms. The zero-order valence-electron chi connectivity index (χ0n) is 15.4. The van der Waals surface area contributed by atoms with E-state index in [9.17, 15) is 4.79 Å². The summed E-state index contributed by atoms with van der Waals surface area (Å²) in [4.78, 5) is 14.7. The Labute approximate surface area is 172 Å². The molecule has 2 heterocycles. The molecule has 4 rings (SSSR count). The quantitative estimate of drug-likeness (QED) is 0.469. The van der Waals surface area contributed by atoms with Gasteiger partial charge in [-0.3, -0.25) is 4.79 Å². The van der Waals surface area contributed by atoms with Crippen molar-refractivity contribution >= 4 is 33.7 Å². The first-order valence-electron chi connectivity index (χ1n) is 9.32. The third kappa shape index (κ3) is 4.17. The molecule has 3 aromatic rings. The van der Waals surface area contributed by atoms with E-state index < -0.39 is 0 Å². The van der Waals surface area contributed by atoms with Crippen LogP contribution in [0.25, 0.3) is 5.69 Å². The van der Waals surface area contributed by atoms with Gasteiger partial charge in [-0.25, -0.2) is 5.43 Å². The zero-order chi connectivity index (χ0) is 19.3. The molecule has 1 N–H and O–H groups in total. The highest BCUT2D eigenvalue weighted by Crippen LogP contribution is 2.20. The number of hydrogen-bond donors (Lipinski definition) is 1. The van der Waals surface area contributed by atoms with Crippen LogP contribution in [0.3, 0.4) is 0 Å². The summed E-state index contributed by atoms with van der Waals surface area (Å²) in [6.07, 6.45) is 6.08. The Morgan fingerprint density at radius 1 is 1.00 bits per heavy atom. The summed E-state index contributed by atoms with van der Waals surface area (Å²) in [6.45, 7) is 2.18. The lowest BCUT2D eigenvalue weighted by Gasteiger charge is -2.17. The number of nitrogens with one attached hydrogen (secondary N) is 1. The van der Waals surface area contributed by atoms with E-state index in [-0.39, 0.29) is 5.91 Å². The molecule has 1 aromatic heterocycles. The number of amides is 1. The topological polar surface area (TPSA) is 49.6 Å². The van der Waals surface area contributed by atoms with Crippen molar-refractivity contribution in [2.75, 3.05) is 18.0 Å². The maximum absolute atomic E-state index is 12.4. The Bertz CT molecular complexity index is 988. The van der Waals surface area contributed by atoms with E-state index >= 15 is 0 Å². The van der Waals surface area contributed by atoms with Crippen molar-refractivity contribution in [2.45, 2.75) is 12.8 Å². The molecule has 0 unspecified atom stereocenters. The highest BCUT2D eigenvalue weighted by atomic mass is 79.9. The second-order valence-electron chi connectivity index (χ2n) is 6.72. The maximum atomic E-state index is 12.4. The van der Waals surface area contributed by atoms with Gasteiger partial charge in [0.25, 0.3) is 5.91 Å². The fourth-order valence-corrected chi connectivity index (χ4v) is 3.77. The molecule has 1 saturated heterocycles. The number of benzene rings is 2. The smallest absolute Gasteiger partial charge is 0.271 e. The second kappa shape index (κ2) is 8.44. The van der Waals surface area contributed by atoms with Gasteiger partial charge in [-0.1, -0.05) is 22.0 Å². The van der Waals surface area contributed by atoms with Crippen LogP contribution in [0.15, 0.2) is 76.4 Å². The van der Waals surface area contributed by atoms with Crippen molar-refractivity contribution in [3.05, 3.63) is 82.6 Å². The van der Waals surface area contributed by atoms with Crippen LogP contribution in [-0.4, -0.2) is 29.8 Å². The summed E-state index contributed by atoms with van der Waals surface area (Å²) in [7, 11) is 0. The molecule has 1 fully saturated rings. The van der Waals surface area contributed by atoms with Gasteiger partial charge in [0.2, 0.25) is 0 Å². The van der Waals surface area contributed by atoms with Crippen LogP contribution in [0.1, 0.15) is 28.9 Å². The predicted molar refractivity (Wildman–Crippen MR) is 116 cm³/mol. The van der Waals surface area contributed by atoms with Crippen molar-refractivity contribution in [1.82, 2.24) is 9.99 Å². The van der Waals surface area contributed by atoms with Crippen LogP contribution in [0.2, 0.25) is 0 Å². The van der Waals surface area contributed by atoms with Gasteiger partial charge < -0.3 is 9.47 Å². The Morgan fingerprint density at radius 2 is 1.79 bits per heavy atom. The number of carbonyl (C=O) groups is 1. The van der Waals surface area contributed by atoms with Gasteiger partial charge in [-0.15, -0.1) is 0 Å². The fourth-order valence-electron chi connectivity index (χ4n) is 3.38. The first kappa shape index (κ1) is 18.5. The normalized spacial score (nSPS) is 14.0. The number of rotatable bonds is 5. The van der Waals surface area contributed by atoms with Gasteiger partial charge in [0.15, 0.2) is 0 Å². The van der Waals surface area contributed by atoms with Crippen LogP contribution in [0, 0.1) is 0 Å². The summed E-state index contributed by atoms with van der Waals surface area (Å²) >= 11 is 3.49. The van der Waals surface area contributed by atoms with Crippen LogP contribution < -0.4 is 10.3 Å². The van der Waals surface area contributed by atoms with Gasteiger partial charge in [-0.2, -0.15) is 5.10 Å². The Balaban J connectivity index is 1.41. The molecule has 1 amide bonds. The Morgan fingerprint density at radius 3 is 2.54 bits per heavy atom. The average Bonchev–Trinajstić information content (AvgIpc) is 3.40. The largest absolute Gasteiger partial charge is 0.372 e. The Kier molecular flexibility index (Phi) is 5.58. The van der Waals surface area contributed by atoms with Crippen molar-refractivity contribution in [3.8, 4) is 5.69 Å². The molecule has 0 bridgehead atoms. The van der Waals surface area contributed by atoms with Gasteiger partial charge in [0.05, 0.1) is 11.9 Å². The molecule has 0 radical (unpaired) electrons. The molecule has 142 valence electrons. The maximum Gasteiger partial charge on any atom is 0.271 e. The lowest BCUT2D eigenvalue weighted by molar-refractivity contribution is 0.0955. The summed E-state index contributed by atoms with van der Waals surface area (Å²) in [5.41, 5.74) is 6.28. The Hall–Kier alpha value is -2.86. The molecular formula is C22H21BrN4O. The minimum atomic E-state index is -0.218. The van der Waals surface area contributed by atoms with Crippen LogP contribution in [0.4, 0.5) is 5.69 Å². The number of carbonyl (C=O) groups excluding carboxylic acids is 1. The highest BCUT2D eigenvalue weighted by molar-refractivity contribution is 9.10. The number of aromatic nitrogens is 1. The van der Waals surface area contributed by atoms with E-state index in [0.717, 1.165) is 28.9 Å². The van der Waals surface area contributed by atoms with Crippen molar-refractivity contribution in [2.24, 2.45) is 5.10 Å². The first-order chi connectivity index (χ1) is 13.7. The van der Waals surface area contributed by atoms with E-state index in [4.69, 9.17) is 0 Å². The molecule has 1 aliphatic rings. The summed E-state index contributed by atoms with van der Waals surface area (Å²) in [5.74, 6) is -0.218. The summed E-state index contributed by atoms with van der Waals surface area (Å²) < 4.78 is 3.01. The molecule has 6 heteroatoms. The molecule has 0 spiro atoms. The van der Waals surface area contributed by atoms with E-state index in [2.05, 4.69) is 31.4 Å². The number of nitrogens with zero attached hydrogens (tertiary/aromatic N) is 3. The number of halogens is 1. The predicted octanol–water partition coefficient (Wildman–Crippen LogP) is 4.60. The van der Waals surface area contributed by atoms with Gasteiger partial charge in [0, 0.05) is 40.7 Å². The zero-order valence-corrected chi connectivity index (χ0v) is 17.0. The van der Waals surface area contributed by atoms with Crippen LogP contribution in [-0.2, 0) is 0 Å². The first-order valence-corrected chi connectivity index (χ1v) is 10.1. The standard InChI is InChI=1S/C22H21BrN4O/c23-18-5-3-6-20(15-18)27-14-4-7-21(27)16-24-25-22(28)17-8-10-19(11-9-17)26-12-1-2-13-26/h3-11,14-16H,1-2,12-13H2,(H,25,28)/b24-16-. The molecule has 1 aliphatic heterocycles. The molecule has 2 aromatic carbocycles. The molecule has 0 aliphatic carbocycles. The van der Waals surface area contributed by atoms with E-state index in [1.54, 1.807) is 6.21 Å². The van der Waals surface area contributed by atoms with Crippen LogP contribution >= 0.6 is 15.9 Å². The highest BCUT2D eigenvalue weighted by Gasteiger charge is 2.13. The van der Waals surface area contributed by atoms with Crippen LogP contribution in [0.5, 0.6) is 0 Å². The van der Waals surface area contributed by atoms with Gasteiger partial charge >= 0.3 is 0 Å². The van der Waals surface area contributed by atoms with Gasteiger partial charge in [-0.05, 0) is 67.4 Å².